The van der Waals surface area contributed by atoms with Crippen LogP contribution in [0.3, 0.4) is 0 Å². The normalized spacial score (nSPS) is 19.1. The van der Waals surface area contributed by atoms with E-state index < -0.39 is 11.7 Å². The summed E-state index contributed by atoms with van der Waals surface area (Å²) in [5.41, 5.74) is 0. The van der Waals surface area contributed by atoms with Crippen LogP contribution in [-0.2, 0) is 0 Å². The van der Waals surface area contributed by atoms with Gasteiger partial charge in [0.1, 0.15) is 11.7 Å². The third-order valence-corrected chi connectivity index (χ3v) is 0.787. The van der Waals surface area contributed by atoms with Crippen molar-refractivity contribution in [2.24, 2.45) is 0 Å². The molecule has 0 heterocycles. The standard InChI is InChI=1S/C5H4F2/c6-4-1-2-5(7)3-4/h1,3H,2H2. The van der Waals surface area contributed by atoms with Gasteiger partial charge in [-0.3, -0.25) is 0 Å². The van der Waals surface area contributed by atoms with Crippen molar-refractivity contribution in [2.75, 3.05) is 0 Å². The molecule has 0 unspecified atom stereocenters. The van der Waals surface area contributed by atoms with E-state index in [0.717, 1.165) is 6.08 Å². The van der Waals surface area contributed by atoms with Crippen LogP contribution in [0, 0.1) is 0 Å². The molecule has 0 amide bonds. The van der Waals surface area contributed by atoms with Crippen LogP contribution in [0.5, 0.6) is 0 Å². The Morgan fingerprint density at radius 1 is 1.43 bits per heavy atom. The van der Waals surface area contributed by atoms with Gasteiger partial charge in [-0.2, -0.15) is 0 Å². The van der Waals surface area contributed by atoms with Crippen LogP contribution in [0.2, 0.25) is 0 Å². The molecule has 1 aliphatic carbocycles. The maximum absolute atomic E-state index is 11.7. The van der Waals surface area contributed by atoms with Crippen molar-refractivity contribution < 1.29 is 8.78 Å². The molecule has 0 aliphatic heterocycles. The lowest BCUT2D eigenvalue weighted by atomic mass is 10.5. The molecule has 0 saturated heterocycles. The minimum atomic E-state index is -0.461. The maximum atomic E-state index is 11.7. The van der Waals surface area contributed by atoms with Crippen LogP contribution in [0.4, 0.5) is 8.78 Å². The molecule has 0 fully saturated rings. The molecule has 0 aromatic rings. The number of halogens is 2. The van der Waals surface area contributed by atoms with Crippen LogP contribution in [-0.4, -0.2) is 0 Å². The van der Waals surface area contributed by atoms with E-state index in [1.807, 2.05) is 0 Å². The van der Waals surface area contributed by atoms with E-state index in [2.05, 4.69) is 0 Å². The first kappa shape index (κ1) is 4.50. The van der Waals surface area contributed by atoms with Crippen molar-refractivity contribution in [1.29, 1.82) is 0 Å². The molecule has 0 radical (unpaired) electrons. The molecule has 1 rings (SSSR count). The van der Waals surface area contributed by atoms with Gasteiger partial charge in [0.15, 0.2) is 0 Å². The highest BCUT2D eigenvalue weighted by Crippen LogP contribution is 2.17. The number of hydrogen-bond donors (Lipinski definition) is 0. The molecule has 0 atom stereocenters. The lowest BCUT2D eigenvalue weighted by Crippen LogP contribution is -1.55. The number of rotatable bonds is 0. The van der Waals surface area contributed by atoms with Crippen molar-refractivity contribution in [1.82, 2.24) is 0 Å². The molecule has 2 heteroatoms. The van der Waals surface area contributed by atoms with Crippen molar-refractivity contribution in [3.8, 4) is 0 Å². The third kappa shape index (κ3) is 0.856. The van der Waals surface area contributed by atoms with E-state index in [9.17, 15) is 8.78 Å². The van der Waals surface area contributed by atoms with Crippen LogP contribution < -0.4 is 0 Å². The molecular formula is C5H4F2. The first-order chi connectivity index (χ1) is 3.29. The zero-order chi connectivity index (χ0) is 5.28. The molecule has 7 heavy (non-hydrogen) atoms. The van der Waals surface area contributed by atoms with Gasteiger partial charge < -0.3 is 0 Å². The van der Waals surface area contributed by atoms with Gasteiger partial charge in [-0.1, -0.05) is 0 Å². The average molecular weight is 102 g/mol. The molecule has 0 aromatic heterocycles. The Balaban J connectivity index is 2.69. The molecule has 38 valence electrons. The summed E-state index contributed by atoms with van der Waals surface area (Å²) in [4.78, 5) is 0. The fourth-order valence-electron chi connectivity index (χ4n) is 0.462. The van der Waals surface area contributed by atoms with Gasteiger partial charge in [0.2, 0.25) is 0 Å². The maximum Gasteiger partial charge on any atom is 0.122 e. The first-order valence-corrected chi connectivity index (χ1v) is 2.01. The Bertz CT molecular complexity index is 133. The summed E-state index contributed by atoms with van der Waals surface area (Å²) in [6.07, 6.45) is 2.22. The van der Waals surface area contributed by atoms with Crippen LogP contribution in [0.25, 0.3) is 0 Å². The summed E-state index contributed by atoms with van der Waals surface area (Å²) in [5.74, 6) is -0.852. The second kappa shape index (κ2) is 1.45. The van der Waals surface area contributed by atoms with E-state index in [1.54, 1.807) is 0 Å². The van der Waals surface area contributed by atoms with Crippen molar-refractivity contribution in [3.63, 3.8) is 0 Å². The van der Waals surface area contributed by atoms with Crippen molar-refractivity contribution >= 4 is 0 Å². The summed E-state index contributed by atoms with van der Waals surface area (Å²) in [5, 5.41) is 0. The predicted octanol–water partition coefficient (Wildman–Crippen LogP) is 2.10. The van der Waals surface area contributed by atoms with Crippen LogP contribution >= 0.6 is 0 Å². The van der Waals surface area contributed by atoms with Gasteiger partial charge in [0.25, 0.3) is 0 Å². The smallest absolute Gasteiger partial charge is 0.122 e. The van der Waals surface area contributed by atoms with Gasteiger partial charge in [0, 0.05) is 12.5 Å². The fourth-order valence-corrected chi connectivity index (χ4v) is 0.462. The monoisotopic (exact) mass is 102 g/mol. The topological polar surface area (TPSA) is 0 Å². The minimum absolute atomic E-state index is 0.131. The molecule has 0 saturated carbocycles. The highest BCUT2D eigenvalue weighted by atomic mass is 19.1. The van der Waals surface area contributed by atoms with Gasteiger partial charge in [-0.15, -0.1) is 0 Å². The zero-order valence-corrected chi connectivity index (χ0v) is 3.62. The zero-order valence-electron chi connectivity index (χ0n) is 3.62. The minimum Gasteiger partial charge on any atom is -0.211 e. The molecule has 0 spiro atoms. The van der Waals surface area contributed by atoms with Gasteiger partial charge in [-0.05, 0) is 6.08 Å². The van der Waals surface area contributed by atoms with Gasteiger partial charge in [0.05, 0.1) is 0 Å². The van der Waals surface area contributed by atoms with E-state index in [4.69, 9.17) is 0 Å². The highest BCUT2D eigenvalue weighted by molar-refractivity contribution is 5.23. The van der Waals surface area contributed by atoms with E-state index in [-0.39, 0.29) is 6.42 Å². The summed E-state index contributed by atoms with van der Waals surface area (Å²) >= 11 is 0. The Hall–Kier alpha value is -0.660. The molecule has 0 nitrogen and oxygen atoms in total. The highest BCUT2D eigenvalue weighted by Gasteiger charge is 2.02. The molecular weight excluding hydrogens is 98.1 g/mol. The second-order valence-corrected chi connectivity index (χ2v) is 1.38. The van der Waals surface area contributed by atoms with Crippen LogP contribution in [0.1, 0.15) is 6.42 Å². The van der Waals surface area contributed by atoms with Crippen molar-refractivity contribution in [2.45, 2.75) is 6.42 Å². The summed E-state index contributed by atoms with van der Waals surface area (Å²) < 4.78 is 23.5. The SMILES string of the molecule is FC1=CCC(F)=C1. The summed E-state index contributed by atoms with van der Waals surface area (Å²) in [7, 11) is 0. The number of hydrogen-bond acceptors (Lipinski definition) is 0. The number of allylic oxidation sites excluding steroid dienone is 4. The molecule has 0 N–H and O–H groups in total. The van der Waals surface area contributed by atoms with Gasteiger partial charge in [-0.25, -0.2) is 8.78 Å². The Labute approximate surface area is 40.1 Å². The molecule has 0 bridgehead atoms. The molecule has 1 aliphatic rings. The van der Waals surface area contributed by atoms with E-state index in [0.29, 0.717) is 0 Å². The van der Waals surface area contributed by atoms with Gasteiger partial charge >= 0.3 is 0 Å². The third-order valence-electron chi connectivity index (χ3n) is 0.787. The lowest BCUT2D eigenvalue weighted by molar-refractivity contribution is 0.620. The van der Waals surface area contributed by atoms with E-state index >= 15 is 0 Å². The summed E-state index contributed by atoms with van der Waals surface area (Å²) in [6, 6.07) is 0. The predicted molar refractivity (Wildman–Crippen MR) is 23.0 cm³/mol. The largest absolute Gasteiger partial charge is 0.211 e. The Kier molecular flexibility index (Phi) is 0.929. The molecule has 0 aromatic carbocycles. The summed E-state index contributed by atoms with van der Waals surface area (Å²) in [6.45, 7) is 0. The lowest BCUT2D eigenvalue weighted by Gasteiger charge is -1.72. The Morgan fingerprint density at radius 2 is 2.14 bits per heavy atom. The van der Waals surface area contributed by atoms with E-state index in [1.165, 1.54) is 6.08 Å². The second-order valence-electron chi connectivity index (χ2n) is 1.38. The average Bonchev–Trinajstić information content (AvgIpc) is 1.87. The Morgan fingerprint density at radius 3 is 2.29 bits per heavy atom. The fraction of sp³-hybridized carbons (Fsp3) is 0.200. The first-order valence-electron chi connectivity index (χ1n) is 2.01. The van der Waals surface area contributed by atoms with Crippen molar-refractivity contribution in [3.05, 3.63) is 23.8 Å². The van der Waals surface area contributed by atoms with Crippen LogP contribution in [0.15, 0.2) is 23.8 Å². The quantitative estimate of drug-likeness (QED) is 0.439.